The smallest absolute Gasteiger partial charge is 0.304 e. The normalized spacial score (nSPS) is 12.2. The molecule has 2 aromatic rings. The van der Waals surface area contributed by atoms with Gasteiger partial charge in [0, 0.05) is 22.1 Å². The first-order valence-corrected chi connectivity index (χ1v) is 8.31. The van der Waals surface area contributed by atoms with Crippen LogP contribution in [0.5, 0.6) is 0 Å². The topological polar surface area (TPSA) is 12.0 Å². The van der Waals surface area contributed by atoms with Crippen molar-refractivity contribution in [2.24, 2.45) is 0 Å². The minimum atomic E-state index is -4.15. The fraction of sp³-hybridized carbons (Fsp3) is 0.333. The van der Waals surface area contributed by atoms with Gasteiger partial charge in [0.25, 0.3) is 0 Å². The molecule has 1 N–H and O–H groups in total. The van der Waals surface area contributed by atoms with Gasteiger partial charge in [-0.2, -0.15) is 13.2 Å². The van der Waals surface area contributed by atoms with Crippen LogP contribution in [0.2, 0.25) is 0 Å². The first-order valence-electron chi connectivity index (χ1n) is 5.57. The van der Waals surface area contributed by atoms with Crippen molar-refractivity contribution in [2.75, 3.05) is 12.3 Å². The summed E-state index contributed by atoms with van der Waals surface area (Å²) in [6, 6.07) is 7.89. The molecular weight excluding hydrogens is 311 g/mol. The molecule has 0 saturated carbocycles. The van der Waals surface area contributed by atoms with Gasteiger partial charge in [-0.1, -0.05) is 12.1 Å². The van der Waals surface area contributed by atoms with Crippen molar-refractivity contribution in [3.63, 3.8) is 0 Å². The number of halogens is 3. The molecule has 0 aliphatic rings. The standard InChI is InChI=1S/C12H12F3NS3/c13-12(14,15)19-8-5-16-11(9-3-1-6-17-9)10-4-2-7-18-10/h1-4,6-7,11,16H,5,8H2. The summed E-state index contributed by atoms with van der Waals surface area (Å²) in [6.45, 7) is 0.324. The van der Waals surface area contributed by atoms with Crippen LogP contribution >= 0.6 is 34.4 Å². The van der Waals surface area contributed by atoms with E-state index in [2.05, 4.69) is 5.32 Å². The van der Waals surface area contributed by atoms with Gasteiger partial charge in [0.1, 0.15) is 0 Å². The quantitative estimate of drug-likeness (QED) is 0.771. The first-order chi connectivity index (χ1) is 9.06. The highest BCUT2D eigenvalue weighted by atomic mass is 32.2. The maximum atomic E-state index is 12.1. The van der Waals surface area contributed by atoms with Crippen LogP contribution in [0.1, 0.15) is 15.8 Å². The second-order valence-electron chi connectivity index (χ2n) is 3.71. The van der Waals surface area contributed by atoms with Crippen molar-refractivity contribution in [1.82, 2.24) is 5.32 Å². The fourth-order valence-corrected chi connectivity index (χ4v) is 3.78. The Morgan fingerprint density at radius 1 is 1.11 bits per heavy atom. The molecule has 2 rings (SSSR count). The Labute approximate surface area is 121 Å². The van der Waals surface area contributed by atoms with Crippen LogP contribution < -0.4 is 5.32 Å². The molecule has 0 spiro atoms. The molecule has 0 amide bonds. The summed E-state index contributed by atoms with van der Waals surface area (Å²) < 4.78 is 36.2. The maximum absolute atomic E-state index is 12.1. The number of alkyl halides is 3. The molecule has 0 radical (unpaired) electrons. The highest BCUT2D eigenvalue weighted by molar-refractivity contribution is 8.00. The summed E-state index contributed by atoms with van der Waals surface area (Å²) in [4.78, 5) is 2.25. The molecule has 0 aromatic carbocycles. The molecule has 2 heterocycles. The Kier molecular flexibility index (Phi) is 5.32. The van der Waals surface area contributed by atoms with E-state index in [4.69, 9.17) is 0 Å². The molecule has 1 nitrogen and oxygen atoms in total. The van der Waals surface area contributed by atoms with E-state index in [1.54, 1.807) is 22.7 Å². The lowest BCUT2D eigenvalue weighted by atomic mass is 10.2. The van der Waals surface area contributed by atoms with E-state index in [1.165, 1.54) is 0 Å². The Morgan fingerprint density at radius 2 is 1.68 bits per heavy atom. The van der Waals surface area contributed by atoms with E-state index < -0.39 is 5.51 Å². The zero-order chi connectivity index (χ0) is 13.7. The predicted octanol–water partition coefficient (Wildman–Crippen LogP) is 4.74. The molecule has 0 fully saturated rings. The summed E-state index contributed by atoms with van der Waals surface area (Å²) in [6.07, 6.45) is 0. The summed E-state index contributed by atoms with van der Waals surface area (Å²) in [5.41, 5.74) is -4.15. The van der Waals surface area contributed by atoms with Gasteiger partial charge < -0.3 is 5.32 Å². The van der Waals surface area contributed by atoms with Crippen LogP contribution in [-0.2, 0) is 0 Å². The third kappa shape index (κ3) is 4.83. The van der Waals surface area contributed by atoms with Gasteiger partial charge in [0.05, 0.1) is 6.04 Å². The first kappa shape index (κ1) is 14.9. The van der Waals surface area contributed by atoms with E-state index in [9.17, 15) is 13.2 Å². The lowest BCUT2D eigenvalue weighted by Gasteiger charge is -2.16. The second kappa shape index (κ2) is 6.78. The molecule has 0 aliphatic carbocycles. The van der Waals surface area contributed by atoms with Crippen molar-refractivity contribution in [3.05, 3.63) is 44.8 Å². The molecular formula is C12H12F3NS3. The van der Waals surface area contributed by atoms with E-state index in [1.807, 2.05) is 35.0 Å². The number of thiophene rings is 2. The minimum Gasteiger partial charge on any atom is -0.304 e. The molecule has 0 unspecified atom stereocenters. The SMILES string of the molecule is FC(F)(F)SCCNC(c1cccs1)c1cccs1. The summed E-state index contributed by atoms with van der Waals surface area (Å²) in [5, 5.41) is 7.15. The van der Waals surface area contributed by atoms with Crippen LogP contribution in [0.25, 0.3) is 0 Å². The zero-order valence-electron chi connectivity index (χ0n) is 9.81. The van der Waals surface area contributed by atoms with Gasteiger partial charge in [-0.25, -0.2) is 0 Å². The van der Waals surface area contributed by atoms with E-state index in [0.29, 0.717) is 6.54 Å². The van der Waals surface area contributed by atoms with Crippen molar-refractivity contribution in [2.45, 2.75) is 11.6 Å². The van der Waals surface area contributed by atoms with Crippen LogP contribution in [0.4, 0.5) is 13.2 Å². The monoisotopic (exact) mass is 323 g/mol. The van der Waals surface area contributed by atoms with Gasteiger partial charge in [0.15, 0.2) is 0 Å². The van der Waals surface area contributed by atoms with Crippen LogP contribution in [0.15, 0.2) is 35.0 Å². The Hall–Kier alpha value is -0.500. The highest BCUT2D eigenvalue weighted by Crippen LogP contribution is 2.31. The molecule has 0 aliphatic heterocycles. The minimum absolute atomic E-state index is 0.00571. The van der Waals surface area contributed by atoms with Crippen LogP contribution in [-0.4, -0.2) is 17.8 Å². The molecule has 104 valence electrons. The number of hydrogen-bond acceptors (Lipinski definition) is 4. The Morgan fingerprint density at radius 3 is 2.11 bits per heavy atom. The molecule has 0 saturated heterocycles. The molecule has 19 heavy (non-hydrogen) atoms. The van der Waals surface area contributed by atoms with Gasteiger partial charge in [-0.15, -0.1) is 22.7 Å². The lowest BCUT2D eigenvalue weighted by molar-refractivity contribution is -0.0327. The fourth-order valence-electron chi connectivity index (χ4n) is 1.62. The van der Waals surface area contributed by atoms with Crippen molar-refractivity contribution in [3.8, 4) is 0 Å². The number of nitrogens with one attached hydrogen (secondary N) is 1. The molecule has 0 bridgehead atoms. The largest absolute Gasteiger partial charge is 0.441 e. The van der Waals surface area contributed by atoms with Crippen LogP contribution in [0.3, 0.4) is 0 Å². The van der Waals surface area contributed by atoms with Gasteiger partial charge in [0.2, 0.25) is 0 Å². The average Bonchev–Trinajstić information content (AvgIpc) is 3.00. The summed E-state index contributed by atoms with van der Waals surface area (Å²) in [5.74, 6) is 0.0246. The third-order valence-electron chi connectivity index (χ3n) is 2.37. The van der Waals surface area contributed by atoms with Gasteiger partial charge in [-0.05, 0) is 34.7 Å². The van der Waals surface area contributed by atoms with Crippen molar-refractivity contribution < 1.29 is 13.2 Å². The van der Waals surface area contributed by atoms with E-state index in [0.717, 1.165) is 9.75 Å². The second-order valence-corrected chi connectivity index (χ2v) is 6.83. The zero-order valence-corrected chi connectivity index (χ0v) is 12.3. The Bertz CT molecular complexity index is 431. The van der Waals surface area contributed by atoms with Crippen molar-refractivity contribution in [1.29, 1.82) is 0 Å². The maximum Gasteiger partial charge on any atom is 0.441 e. The Balaban J connectivity index is 1.93. The van der Waals surface area contributed by atoms with Crippen molar-refractivity contribution >= 4 is 34.4 Å². The van der Waals surface area contributed by atoms with E-state index in [-0.39, 0.29) is 23.6 Å². The van der Waals surface area contributed by atoms with Gasteiger partial charge in [-0.3, -0.25) is 0 Å². The van der Waals surface area contributed by atoms with E-state index >= 15 is 0 Å². The molecule has 2 aromatic heterocycles. The predicted molar refractivity (Wildman–Crippen MR) is 77.0 cm³/mol. The number of hydrogen-bond donors (Lipinski definition) is 1. The summed E-state index contributed by atoms with van der Waals surface area (Å²) in [7, 11) is 0. The average molecular weight is 323 g/mol. The highest BCUT2D eigenvalue weighted by Gasteiger charge is 2.27. The lowest BCUT2D eigenvalue weighted by Crippen LogP contribution is -2.24. The molecule has 0 atom stereocenters. The molecule has 7 heteroatoms. The van der Waals surface area contributed by atoms with Gasteiger partial charge >= 0.3 is 5.51 Å². The van der Waals surface area contributed by atoms with Crippen LogP contribution in [0, 0.1) is 0 Å². The number of rotatable bonds is 6. The number of thioether (sulfide) groups is 1. The summed E-state index contributed by atoms with van der Waals surface area (Å²) >= 11 is 3.23. The third-order valence-corrected chi connectivity index (χ3v) is 4.98.